The molecule has 5 nitrogen and oxygen atoms in total. The van der Waals surface area contributed by atoms with Crippen molar-refractivity contribution >= 4 is 51.6 Å². The highest BCUT2D eigenvalue weighted by atomic mass is 35.5. The first-order valence-corrected chi connectivity index (χ1v) is 11.3. The smallest absolute Gasteiger partial charge is 0.244 e. The predicted molar refractivity (Wildman–Crippen MR) is 128 cm³/mol. The van der Waals surface area contributed by atoms with E-state index in [1.165, 1.54) is 41.4 Å². The maximum atomic E-state index is 14.2. The van der Waals surface area contributed by atoms with Gasteiger partial charge in [-0.05, 0) is 41.8 Å². The number of nitrogens with one attached hydrogen (secondary N) is 1. The van der Waals surface area contributed by atoms with Crippen LogP contribution in [0, 0.1) is 11.7 Å². The van der Waals surface area contributed by atoms with Crippen molar-refractivity contribution in [2.45, 2.75) is 26.8 Å². The van der Waals surface area contributed by atoms with Crippen molar-refractivity contribution in [1.29, 1.82) is 0 Å². The number of rotatable bonds is 7. The third kappa shape index (κ3) is 5.81. The van der Waals surface area contributed by atoms with E-state index in [-0.39, 0.29) is 29.5 Å². The Bertz CT molecular complexity index is 1130. The van der Waals surface area contributed by atoms with Gasteiger partial charge in [-0.2, -0.15) is 0 Å². The molecular formula is C24H23ClFN3O2S. The summed E-state index contributed by atoms with van der Waals surface area (Å²) in [6, 6.07) is 13.2. The highest BCUT2D eigenvalue weighted by Crippen LogP contribution is 2.31. The number of hydrogen-bond donors (Lipinski definition) is 1. The van der Waals surface area contributed by atoms with Gasteiger partial charge in [0.25, 0.3) is 0 Å². The summed E-state index contributed by atoms with van der Waals surface area (Å²) in [6.45, 7) is 5.39. The Labute approximate surface area is 195 Å². The van der Waals surface area contributed by atoms with Crippen molar-refractivity contribution in [3.63, 3.8) is 0 Å². The molecule has 1 N–H and O–H groups in total. The molecule has 1 atom stereocenters. The van der Waals surface area contributed by atoms with Gasteiger partial charge in [-0.25, -0.2) is 9.37 Å². The number of para-hydroxylation sites is 1. The number of anilines is 2. The normalized spacial score (nSPS) is 12.2. The first-order valence-electron chi connectivity index (χ1n) is 10.0. The molecule has 2 aromatic carbocycles. The summed E-state index contributed by atoms with van der Waals surface area (Å²) in [5.74, 6) is -0.980. The van der Waals surface area contributed by atoms with Crippen molar-refractivity contribution in [1.82, 2.24) is 10.3 Å². The second kappa shape index (κ2) is 10.5. The van der Waals surface area contributed by atoms with Gasteiger partial charge < -0.3 is 5.32 Å². The lowest BCUT2D eigenvalue weighted by atomic mass is 9.96. The number of hydrogen-bond acceptors (Lipinski definition) is 4. The number of thiazole rings is 1. The first-order chi connectivity index (χ1) is 15.3. The van der Waals surface area contributed by atoms with E-state index in [4.69, 9.17) is 11.6 Å². The van der Waals surface area contributed by atoms with Crippen molar-refractivity contribution in [2.24, 2.45) is 5.92 Å². The standard InChI is InChI=1S/C24H23ClFN3O2S/c1-15(2)23(17-8-10-18(25)11-9-17)28-22(31)13-12-19-14-32-24(27-19)29(16(3)30)21-7-5-4-6-20(21)26/h4-15,23H,1-3H3,(H,28,31)/b13-12+. The fourth-order valence-corrected chi connectivity index (χ4v) is 4.14. The van der Waals surface area contributed by atoms with Gasteiger partial charge in [-0.15, -0.1) is 11.3 Å². The van der Waals surface area contributed by atoms with E-state index in [2.05, 4.69) is 10.3 Å². The molecule has 8 heteroatoms. The van der Waals surface area contributed by atoms with Crippen molar-refractivity contribution in [3.8, 4) is 0 Å². The van der Waals surface area contributed by atoms with Crippen LogP contribution in [0.2, 0.25) is 5.02 Å². The van der Waals surface area contributed by atoms with Gasteiger partial charge in [0.1, 0.15) is 5.82 Å². The molecule has 2 amide bonds. The minimum Gasteiger partial charge on any atom is -0.345 e. The molecule has 1 unspecified atom stereocenters. The lowest BCUT2D eigenvalue weighted by Crippen LogP contribution is -2.30. The Kier molecular flexibility index (Phi) is 7.77. The topological polar surface area (TPSA) is 62.3 Å². The number of amides is 2. The average Bonchev–Trinajstić information content (AvgIpc) is 3.21. The van der Waals surface area contributed by atoms with E-state index in [1.54, 1.807) is 35.7 Å². The van der Waals surface area contributed by atoms with Crippen LogP contribution >= 0.6 is 22.9 Å². The summed E-state index contributed by atoms with van der Waals surface area (Å²) >= 11 is 7.15. The lowest BCUT2D eigenvalue weighted by Gasteiger charge is -2.22. The fourth-order valence-electron chi connectivity index (χ4n) is 3.16. The molecular weight excluding hydrogens is 449 g/mol. The summed E-state index contributed by atoms with van der Waals surface area (Å²) in [4.78, 5) is 30.3. The molecule has 0 aliphatic rings. The van der Waals surface area contributed by atoms with Gasteiger partial charge in [0.05, 0.1) is 17.4 Å². The van der Waals surface area contributed by atoms with E-state index in [0.717, 1.165) is 5.56 Å². The lowest BCUT2D eigenvalue weighted by molar-refractivity contribution is -0.117. The van der Waals surface area contributed by atoms with E-state index in [9.17, 15) is 14.0 Å². The zero-order valence-corrected chi connectivity index (χ0v) is 19.5. The molecule has 0 bridgehead atoms. The molecule has 3 rings (SSSR count). The van der Waals surface area contributed by atoms with E-state index >= 15 is 0 Å². The van der Waals surface area contributed by atoms with Crippen LogP contribution < -0.4 is 10.2 Å². The number of nitrogens with zero attached hydrogens (tertiary/aromatic N) is 2. The highest BCUT2D eigenvalue weighted by molar-refractivity contribution is 7.14. The quantitative estimate of drug-likeness (QED) is 0.420. The number of aromatic nitrogens is 1. The van der Waals surface area contributed by atoms with Crippen molar-refractivity contribution in [3.05, 3.63) is 82.1 Å². The monoisotopic (exact) mass is 471 g/mol. The molecule has 0 aliphatic heterocycles. The molecule has 0 fully saturated rings. The Balaban J connectivity index is 1.74. The maximum Gasteiger partial charge on any atom is 0.244 e. The molecule has 166 valence electrons. The largest absolute Gasteiger partial charge is 0.345 e. The Hall–Kier alpha value is -3.03. The second-order valence-corrected chi connectivity index (χ2v) is 8.75. The van der Waals surface area contributed by atoms with Crippen LogP contribution in [0.15, 0.2) is 60.0 Å². The van der Waals surface area contributed by atoms with Crippen LogP contribution in [-0.2, 0) is 9.59 Å². The molecule has 3 aromatic rings. The third-order valence-corrected chi connectivity index (χ3v) is 5.80. The minimum atomic E-state index is -0.517. The summed E-state index contributed by atoms with van der Waals surface area (Å²) in [7, 11) is 0. The maximum absolute atomic E-state index is 14.2. The number of benzene rings is 2. The van der Waals surface area contributed by atoms with E-state index in [1.807, 2.05) is 26.0 Å². The Morgan fingerprint density at radius 1 is 1.16 bits per heavy atom. The van der Waals surface area contributed by atoms with Gasteiger partial charge in [0.2, 0.25) is 11.8 Å². The van der Waals surface area contributed by atoms with Gasteiger partial charge in [0.15, 0.2) is 5.13 Å². The van der Waals surface area contributed by atoms with Crippen molar-refractivity contribution in [2.75, 3.05) is 4.90 Å². The van der Waals surface area contributed by atoms with Crippen LogP contribution in [0.3, 0.4) is 0 Å². The van der Waals surface area contributed by atoms with Crippen LogP contribution in [0.4, 0.5) is 15.2 Å². The SMILES string of the molecule is CC(=O)N(c1nc(/C=C/C(=O)NC(c2ccc(Cl)cc2)C(C)C)cs1)c1ccccc1F. The predicted octanol–water partition coefficient (Wildman–Crippen LogP) is 6.15. The molecule has 32 heavy (non-hydrogen) atoms. The van der Waals surface area contributed by atoms with Gasteiger partial charge >= 0.3 is 0 Å². The van der Waals surface area contributed by atoms with Gasteiger partial charge in [-0.1, -0.05) is 49.7 Å². The van der Waals surface area contributed by atoms with Crippen LogP contribution in [-0.4, -0.2) is 16.8 Å². The summed E-state index contributed by atoms with van der Waals surface area (Å²) in [6.07, 6.45) is 2.96. The number of halogens is 2. The third-order valence-electron chi connectivity index (χ3n) is 4.71. The summed E-state index contributed by atoms with van der Waals surface area (Å²) < 4.78 is 14.2. The van der Waals surface area contributed by atoms with E-state index < -0.39 is 5.82 Å². The summed E-state index contributed by atoms with van der Waals surface area (Å²) in [5, 5.41) is 5.66. The molecule has 0 saturated heterocycles. The zero-order valence-electron chi connectivity index (χ0n) is 17.9. The second-order valence-electron chi connectivity index (χ2n) is 7.48. The zero-order chi connectivity index (χ0) is 23.3. The molecule has 1 heterocycles. The van der Waals surface area contributed by atoms with Crippen LogP contribution in [0.1, 0.15) is 38.1 Å². The highest BCUT2D eigenvalue weighted by Gasteiger charge is 2.21. The van der Waals surface area contributed by atoms with Gasteiger partial charge in [0, 0.05) is 23.4 Å². The van der Waals surface area contributed by atoms with Crippen LogP contribution in [0.25, 0.3) is 6.08 Å². The molecule has 0 spiro atoms. The summed E-state index contributed by atoms with van der Waals surface area (Å²) in [5.41, 5.74) is 1.59. The number of carbonyl (C=O) groups excluding carboxylic acids is 2. The minimum absolute atomic E-state index is 0.130. The van der Waals surface area contributed by atoms with E-state index in [0.29, 0.717) is 15.8 Å². The number of carbonyl (C=O) groups is 2. The average molecular weight is 472 g/mol. The Morgan fingerprint density at radius 2 is 1.84 bits per heavy atom. The van der Waals surface area contributed by atoms with Crippen LogP contribution in [0.5, 0.6) is 0 Å². The molecule has 0 saturated carbocycles. The first kappa shape index (κ1) is 23.6. The Morgan fingerprint density at radius 3 is 2.47 bits per heavy atom. The fraction of sp³-hybridized carbons (Fsp3) is 0.208. The molecule has 1 aromatic heterocycles. The molecule has 0 aliphatic carbocycles. The molecule has 0 radical (unpaired) electrons. The van der Waals surface area contributed by atoms with Gasteiger partial charge in [-0.3, -0.25) is 14.5 Å². The van der Waals surface area contributed by atoms with Crippen molar-refractivity contribution < 1.29 is 14.0 Å².